The maximum Gasteiger partial charge on any atom is 0.0493 e. The van der Waals surface area contributed by atoms with E-state index in [0.717, 1.165) is 17.8 Å². The van der Waals surface area contributed by atoms with Crippen molar-refractivity contribution >= 4 is 49.4 Å². The van der Waals surface area contributed by atoms with Gasteiger partial charge in [-0.1, -0.05) is 140 Å². The van der Waals surface area contributed by atoms with Gasteiger partial charge in [0.05, 0.1) is 0 Å². The second-order valence-corrected chi connectivity index (χ2v) is 14.9. The lowest BCUT2D eigenvalue weighted by molar-refractivity contribution is 0.685. The molecule has 54 heavy (non-hydrogen) atoms. The van der Waals surface area contributed by atoms with Crippen LogP contribution >= 0.6 is 0 Å². The number of fused-ring (bicyclic) bond motifs is 5. The molecule has 9 aromatic rings. The van der Waals surface area contributed by atoms with E-state index in [-0.39, 0.29) is 0 Å². The Hall–Kier alpha value is -6.44. The molecule has 0 bridgehead atoms. The Bertz CT molecular complexity index is 2810. The van der Waals surface area contributed by atoms with Gasteiger partial charge in [-0.3, -0.25) is 0 Å². The Labute approximate surface area is 317 Å². The maximum absolute atomic E-state index is 2.47. The molecule has 10 rings (SSSR count). The fourth-order valence-corrected chi connectivity index (χ4v) is 8.67. The fourth-order valence-electron chi connectivity index (χ4n) is 8.67. The van der Waals surface area contributed by atoms with Gasteiger partial charge in [0, 0.05) is 17.1 Å². The molecule has 0 aliphatic heterocycles. The van der Waals surface area contributed by atoms with Crippen LogP contribution in [0.5, 0.6) is 0 Å². The van der Waals surface area contributed by atoms with Crippen LogP contribution in [-0.4, -0.2) is 0 Å². The third-order valence-corrected chi connectivity index (χ3v) is 11.5. The summed E-state index contributed by atoms with van der Waals surface area (Å²) in [5.74, 6) is 0. The van der Waals surface area contributed by atoms with Crippen LogP contribution in [0.15, 0.2) is 182 Å². The first-order valence-corrected chi connectivity index (χ1v) is 19.3. The first-order chi connectivity index (χ1) is 26.7. The highest BCUT2D eigenvalue weighted by atomic mass is 15.1. The van der Waals surface area contributed by atoms with Crippen molar-refractivity contribution in [3.05, 3.63) is 199 Å². The molecule has 0 saturated heterocycles. The van der Waals surface area contributed by atoms with E-state index in [0.29, 0.717) is 0 Å². The summed E-state index contributed by atoms with van der Waals surface area (Å²) in [4.78, 5) is 2.46. The zero-order chi connectivity index (χ0) is 36.0. The van der Waals surface area contributed by atoms with E-state index in [2.05, 4.69) is 194 Å². The minimum absolute atomic E-state index is 1.15. The van der Waals surface area contributed by atoms with Crippen molar-refractivity contribution < 1.29 is 0 Å². The van der Waals surface area contributed by atoms with Gasteiger partial charge >= 0.3 is 0 Å². The third-order valence-electron chi connectivity index (χ3n) is 11.5. The van der Waals surface area contributed by atoms with Crippen LogP contribution in [0.2, 0.25) is 0 Å². The topological polar surface area (TPSA) is 3.24 Å². The number of hydrogen-bond donors (Lipinski definition) is 0. The first kappa shape index (κ1) is 32.2. The molecular formula is C53H41N. The molecule has 1 aliphatic rings. The third kappa shape index (κ3) is 5.83. The second-order valence-electron chi connectivity index (χ2n) is 14.9. The van der Waals surface area contributed by atoms with Gasteiger partial charge in [0.25, 0.3) is 0 Å². The van der Waals surface area contributed by atoms with Gasteiger partial charge in [0.2, 0.25) is 0 Å². The molecular weight excluding hydrogens is 651 g/mol. The standard InChI is InChI=1S/C53H41N/c1-36-32-42-11-4-5-13-44(42)35-53(36)54(48-30-26-41(27-31-48)52-34-46-14-6-7-15-49(46)50-16-8-9-17-51(50)52)47-28-24-39(25-29-47)38-18-20-40(21-19-38)45-23-22-37-10-2-3-12-43(37)33-45/h2-3,6-10,12,14-35H,4-5,11,13H2,1H3. The Kier molecular flexibility index (Phi) is 8.07. The van der Waals surface area contributed by atoms with Crippen LogP contribution in [-0.2, 0) is 12.8 Å². The SMILES string of the molecule is Cc1cc2c(cc1N(c1ccc(-c3ccc(-c4ccc5ccccc5c4)cc3)cc1)c1ccc(-c3cc4ccccc4c4ccccc34)cc1)CCCC2. The van der Waals surface area contributed by atoms with E-state index < -0.39 is 0 Å². The van der Waals surface area contributed by atoms with Gasteiger partial charge < -0.3 is 4.90 Å². The minimum Gasteiger partial charge on any atom is -0.310 e. The van der Waals surface area contributed by atoms with Crippen LogP contribution in [0.3, 0.4) is 0 Å². The average Bonchev–Trinajstić information content (AvgIpc) is 3.24. The summed E-state index contributed by atoms with van der Waals surface area (Å²) in [6, 6.07) is 67.4. The number of nitrogens with zero attached hydrogens (tertiary/aromatic N) is 1. The Balaban J connectivity index is 1.02. The predicted octanol–water partition coefficient (Wildman–Crippen LogP) is 14.8. The zero-order valence-electron chi connectivity index (χ0n) is 30.6. The van der Waals surface area contributed by atoms with Crippen LogP contribution in [0.1, 0.15) is 29.5 Å². The molecule has 9 aromatic carbocycles. The number of rotatable bonds is 6. The summed E-state index contributed by atoms with van der Waals surface area (Å²) >= 11 is 0. The van der Waals surface area contributed by atoms with Gasteiger partial charge in [-0.25, -0.2) is 0 Å². The van der Waals surface area contributed by atoms with Gasteiger partial charge in [0.1, 0.15) is 0 Å². The smallest absolute Gasteiger partial charge is 0.0493 e. The Morgan fingerprint density at radius 1 is 0.370 bits per heavy atom. The number of benzene rings is 9. The van der Waals surface area contributed by atoms with E-state index in [1.165, 1.54) is 107 Å². The van der Waals surface area contributed by atoms with E-state index >= 15 is 0 Å². The number of anilines is 3. The first-order valence-electron chi connectivity index (χ1n) is 19.3. The molecule has 0 amide bonds. The lowest BCUT2D eigenvalue weighted by Gasteiger charge is -2.29. The van der Waals surface area contributed by atoms with E-state index in [1.807, 2.05) is 0 Å². The van der Waals surface area contributed by atoms with Crippen molar-refractivity contribution in [1.82, 2.24) is 0 Å². The summed E-state index contributed by atoms with van der Waals surface area (Å²) in [6.07, 6.45) is 4.88. The molecule has 0 spiro atoms. The van der Waals surface area contributed by atoms with Crippen molar-refractivity contribution in [2.24, 2.45) is 0 Å². The van der Waals surface area contributed by atoms with Crippen molar-refractivity contribution in [1.29, 1.82) is 0 Å². The van der Waals surface area contributed by atoms with Gasteiger partial charge in [-0.2, -0.15) is 0 Å². The maximum atomic E-state index is 2.47. The van der Waals surface area contributed by atoms with Crippen LogP contribution < -0.4 is 4.90 Å². The lowest BCUT2D eigenvalue weighted by Crippen LogP contribution is -2.13. The highest BCUT2D eigenvalue weighted by Crippen LogP contribution is 2.42. The highest BCUT2D eigenvalue weighted by molar-refractivity contribution is 6.13. The second kappa shape index (κ2) is 13.5. The normalized spacial score (nSPS) is 12.6. The van der Waals surface area contributed by atoms with Gasteiger partial charge in [-0.05, 0) is 157 Å². The highest BCUT2D eigenvalue weighted by Gasteiger charge is 2.20. The summed E-state index contributed by atoms with van der Waals surface area (Å²) < 4.78 is 0. The lowest BCUT2D eigenvalue weighted by atomic mass is 9.89. The molecule has 0 radical (unpaired) electrons. The van der Waals surface area contributed by atoms with Crippen LogP contribution in [0, 0.1) is 6.92 Å². The Morgan fingerprint density at radius 2 is 0.870 bits per heavy atom. The summed E-state index contributed by atoms with van der Waals surface area (Å²) in [5, 5.41) is 7.69. The molecule has 1 aliphatic carbocycles. The average molecular weight is 692 g/mol. The van der Waals surface area contributed by atoms with E-state index in [4.69, 9.17) is 0 Å². The molecule has 0 fully saturated rings. The van der Waals surface area contributed by atoms with Crippen LogP contribution in [0.4, 0.5) is 17.1 Å². The summed E-state index contributed by atoms with van der Waals surface area (Å²) in [5.41, 5.74) is 15.3. The monoisotopic (exact) mass is 691 g/mol. The van der Waals surface area contributed by atoms with E-state index in [9.17, 15) is 0 Å². The van der Waals surface area contributed by atoms with Crippen molar-refractivity contribution in [2.45, 2.75) is 32.6 Å². The fraction of sp³-hybridized carbons (Fsp3) is 0.0943. The molecule has 258 valence electrons. The summed E-state index contributed by atoms with van der Waals surface area (Å²) in [7, 11) is 0. The quantitative estimate of drug-likeness (QED) is 0.157. The molecule has 0 aromatic heterocycles. The molecule has 0 unspecified atom stereocenters. The van der Waals surface area contributed by atoms with Crippen molar-refractivity contribution in [3.63, 3.8) is 0 Å². The Morgan fingerprint density at radius 3 is 1.56 bits per heavy atom. The predicted molar refractivity (Wildman–Crippen MR) is 231 cm³/mol. The molecule has 1 nitrogen and oxygen atoms in total. The molecule has 0 atom stereocenters. The molecule has 0 saturated carbocycles. The van der Waals surface area contributed by atoms with Crippen molar-refractivity contribution in [3.8, 4) is 33.4 Å². The summed E-state index contributed by atoms with van der Waals surface area (Å²) in [6.45, 7) is 2.28. The van der Waals surface area contributed by atoms with Gasteiger partial charge in [0.15, 0.2) is 0 Å². The van der Waals surface area contributed by atoms with Crippen LogP contribution in [0.25, 0.3) is 65.7 Å². The van der Waals surface area contributed by atoms with Gasteiger partial charge in [-0.15, -0.1) is 0 Å². The number of hydrogen-bond acceptors (Lipinski definition) is 1. The molecule has 0 N–H and O–H groups in total. The molecule has 1 heteroatoms. The zero-order valence-corrected chi connectivity index (χ0v) is 30.6. The largest absolute Gasteiger partial charge is 0.310 e. The number of aryl methyl sites for hydroxylation is 3. The molecule has 0 heterocycles. The minimum atomic E-state index is 1.15. The van der Waals surface area contributed by atoms with Crippen molar-refractivity contribution in [2.75, 3.05) is 4.90 Å². The van der Waals surface area contributed by atoms with E-state index in [1.54, 1.807) is 0 Å².